The van der Waals surface area contributed by atoms with E-state index in [4.69, 9.17) is 4.74 Å². The van der Waals surface area contributed by atoms with E-state index >= 15 is 0 Å². The number of hydrogen-bond donors (Lipinski definition) is 1. The lowest BCUT2D eigenvalue weighted by Gasteiger charge is -2.44. The van der Waals surface area contributed by atoms with Crippen molar-refractivity contribution in [2.75, 3.05) is 5.32 Å². The molecular weight excluding hydrogens is 372 g/mol. The molecule has 2 rings (SSSR count). The average molecular weight is 399 g/mol. The molecule has 1 amide bonds. The van der Waals surface area contributed by atoms with Crippen LogP contribution in [0.15, 0.2) is 16.9 Å². The Morgan fingerprint density at radius 3 is 2.29 bits per heavy atom. The van der Waals surface area contributed by atoms with E-state index in [1.807, 2.05) is 18.7 Å². The Morgan fingerprint density at radius 2 is 1.83 bits per heavy atom. The molecule has 0 bridgehead atoms. The van der Waals surface area contributed by atoms with Crippen LogP contribution in [0.1, 0.15) is 53.4 Å². The number of nitrogens with zero attached hydrogens (tertiary/aromatic N) is 3. The second-order valence-electron chi connectivity index (χ2n) is 6.50. The van der Waals surface area contributed by atoms with Crippen molar-refractivity contribution >= 4 is 28.0 Å². The highest BCUT2D eigenvalue weighted by Crippen LogP contribution is 2.29. The first-order valence-electron chi connectivity index (χ1n) is 8.67. The molecule has 1 unspecified atom stereocenters. The molecule has 1 fully saturated rings. The van der Waals surface area contributed by atoms with Crippen LogP contribution in [-0.2, 0) is 4.74 Å². The summed E-state index contributed by atoms with van der Waals surface area (Å²) in [5.41, 5.74) is 0. The minimum Gasteiger partial charge on any atom is -0.447 e. The van der Waals surface area contributed by atoms with Crippen LogP contribution in [0.2, 0.25) is 0 Å². The van der Waals surface area contributed by atoms with Crippen molar-refractivity contribution in [1.82, 2.24) is 14.9 Å². The van der Waals surface area contributed by atoms with Gasteiger partial charge in [-0.25, -0.2) is 14.8 Å². The zero-order valence-electron chi connectivity index (χ0n) is 14.8. The summed E-state index contributed by atoms with van der Waals surface area (Å²) in [5, 5.41) is 3.42. The average Bonchev–Trinajstić information content (AvgIpc) is 2.55. The maximum absolute atomic E-state index is 12.5. The van der Waals surface area contributed by atoms with Crippen LogP contribution in [0.5, 0.6) is 0 Å². The number of carbonyl (C=O) groups is 1. The van der Waals surface area contributed by atoms with E-state index in [9.17, 15) is 4.79 Å². The van der Waals surface area contributed by atoms with Crippen LogP contribution in [0.4, 0.5) is 10.7 Å². The standard InChI is InChI=1S/C17H27BrN4O2/c1-5-14-7-13(21-16-19-9-12(18)10-20-16)8-15(6-2)22(14)17(23)24-11(3)4/h9-11,13-15H,5-8H2,1-4H3,(H,19,20,21)/t13?,14-,15+. The smallest absolute Gasteiger partial charge is 0.410 e. The predicted octanol–water partition coefficient (Wildman–Crippen LogP) is 4.22. The Kier molecular flexibility index (Phi) is 6.83. The van der Waals surface area contributed by atoms with Gasteiger partial charge in [-0.05, 0) is 55.5 Å². The number of aromatic nitrogens is 2. The summed E-state index contributed by atoms with van der Waals surface area (Å²) in [4.78, 5) is 23.0. The molecule has 1 aromatic rings. The van der Waals surface area contributed by atoms with E-state index in [-0.39, 0.29) is 30.3 Å². The first kappa shape index (κ1) is 19.0. The second kappa shape index (κ2) is 8.65. The predicted molar refractivity (Wildman–Crippen MR) is 98.0 cm³/mol. The molecule has 1 aliphatic heterocycles. The quantitative estimate of drug-likeness (QED) is 0.803. The highest BCUT2D eigenvalue weighted by molar-refractivity contribution is 9.10. The highest BCUT2D eigenvalue weighted by atomic mass is 79.9. The van der Waals surface area contributed by atoms with Crippen molar-refractivity contribution in [2.24, 2.45) is 0 Å². The number of anilines is 1. The number of hydrogen-bond acceptors (Lipinski definition) is 5. The molecule has 0 saturated carbocycles. The summed E-state index contributed by atoms with van der Waals surface area (Å²) in [6.07, 6.45) is 6.74. The number of piperidine rings is 1. The van der Waals surface area contributed by atoms with Crippen LogP contribution < -0.4 is 5.32 Å². The fraction of sp³-hybridized carbons (Fsp3) is 0.706. The number of rotatable bonds is 5. The third-order valence-electron chi connectivity index (χ3n) is 4.34. The van der Waals surface area contributed by atoms with E-state index in [0.29, 0.717) is 5.95 Å². The van der Waals surface area contributed by atoms with Crippen LogP contribution in [0.3, 0.4) is 0 Å². The van der Waals surface area contributed by atoms with Gasteiger partial charge in [0.15, 0.2) is 0 Å². The topological polar surface area (TPSA) is 67.4 Å². The summed E-state index contributed by atoms with van der Waals surface area (Å²) in [6, 6.07) is 0.593. The third kappa shape index (κ3) is 4.82. The molecule has 24 heavy (non-hydrogen) atoms. The van der Waals surface area contributed by atoms with E-state index in [2.05, 4.69) is 45.1 Å². The van der Waals surface area contributed by atoms with Gasteiger partial charge >= 0.3 is 6.09 Å². The van der Waals surface area contributed by atoms with Crippen LogP contribution in [0, 0.1) is 0 Å². The normalized spacial score (nSPS) is 24.1. The van der Waals surface area contributed by atoms with E-state index in [1.165, 1.54) is 0 Å². The van der Waals surface area contributed by atoms with Crippen LogP contribution in [0.25, 0.3) is 0 Å². The molecule has 1 saturated heterocycles. The fourth-order valence-electron chi connectivity index (χ4n) is 3.25. The van der Waals surface area contributed by atoms with Crippen molar-refractivity contribution in [2.45, 2.75) is 77.6 Å². The van der Waals surface area contributed by atoms with Gasteiger partial charge in [0.1, 0.15) is 0 Å². The molecule has 1 aromatic heterocycles. The van der Waals surface area contributed by atoms with Gasteiger partial charge in [0, 0.05) is 30.5 Å². The maximum Gasteiger partial charge on any atom is 0.410 e. The minimum absolute atomic E-state index is 0.0977. The fourth-order valence-corrected chi connectivity index (χ4v) is 3.46. The summed E-state index contributed by atoms with van der Waals surface area (Å²) in [5.74, 6) is 0.631. The molecule has 1 N–H and O–H groups in total. The molecule has 0 aromatic carbocycles. The van der Waals surface area contributed by atoms with Crippen LogP contribution >= 0.6 is 15.9 Å². The summed E-state index contributed by atoms with van der Waals surface area (Å²) < 4.78 is 6.32. The van der Waals surface area contributed by atoms with E-state index in [0.717, 1.165) is 30.2 Å². The molecule has 2 heterocycles. The van der Waals surface area contributed by atoms with Gasteiger partial charge in [0.25, 0.3) is 0 Å². The molecule has 7 heteroatoms. The number of ether oxygens (including phenoxy) is 1. The number of amides is 1. The lowest BCUT2D eigenvalue weighted by Crippen LogP contribution is -2.55. The first-order chi connectivity index (χ1) is 11.4. The Balaban J connectivity index is 2.08. The SMILES string of the molecule is CC[C@@H]1CC(Nc2ncc(Br)cn2)C[C@H](CC)N1C(=O)OC(C)C. The molecule has 0 spiro atoms. The van der Waals surface area contributed by atoms with Gasteiger partial charge in [-0.1, -0.05) is 13.8 Å². The Morgan fingerprint density at radius 1 is 1.29 bits per heavy atom. The molecule has 3 atom stereocenters. The lowest BCUT2D eigenvalue weighted by atomic mass is 9.89. The van der Waals surface area contributed by atoms with Gasteiger partial charge in [0.05, 0.1) is 10.6 Å². The monoisotopic (exact) mass is 398 g/mol. The maximum atomic E-state index is 12.5. The number of likely N-dealkylation sites (tertiary alicyclic amines) is 1. The van der Waals surface area contributed by atoms with Gasteiger partial charge < -0.3 is 15.0 Å². The molecule has 1 aliphatic rings. The number of carbonyl (C=O) groups excluding carboxylic acids is 1. The minimum atomic E-state index is -0.193. The summed E-state index contributed by atoms with van der Waals surface area (Å²) >= 11 is 3.34. The number of nitrogens with one attached hydrogen (secondary N) is 1. The molecule has 134 valence electrons. The first-order valence-corrected chi connectivity index (χ1v) is 9.46. The Labute approximate surface area is 152 Å². The van der Waals surface area contributed by atoms with E-state index in [1.54, 1.807) is 12.4 Å². The van der Waals surface area contributed by atoms with Crippen LogP contribution in [-0.4, -0.2) is 45.2 Å². The van der Waals surface area contributed by atoms with Crippen molar-refractivity contribution in [3.63, 3.8) is 0 Å². The zero-order chi connectivity index (χ0) is 17.7. The third-order valence-corrected chi connectivity index (χ3v) is 4.75. The highest BCUT2D eigenvalue weighted by Gasteiger charge is 2.38. The summed E-state index contributed by atoms with van der Waals surface area (Å²) in [6.45, 7) is 8.01. The second-order valence-corrected chi connectivity index (χ2v) is 7.42. The van der Waals surface area contributed by atoms with Crippen molar-refractivity contribution in [3.05, 3.63) is 16.9 Å². The lowest BCUT2D eigenvalue weighted by molar-refractivity contribution is 0.0253. The molecular formula is C17H27BrN4O2. The molecule has 0 aliphatic carbocycles. The molecule has 0 radical (unpaired) electrons. The van der Waals surface area contributed by atoms with Crippen molar-refractivity contribution in [1.29, 1.82) is 0 Å². The van der Waals surface area contributed by atoms with E-state index < -0.39 is 0 Å². The zero-order valence-corrected chi connectivity index (χ0v) is 16.4. The van der Waals surface area contributed by atoms with Crippen molar-refractivity contribution < 1.29 is 9.53 Å². The summed E-state index contributed by atoms with van der Waals surface area (Å²) in [7, 11) is 0. The van der Waals surface area contributed by atoms with Gasteiger partial charge in [-0.3, -0.25) is 0 Å². The Bertz CT molecular complexity index is 524. The van der Waals surface area contributed by atoms with Crippen molar-refractivity contribution in [3.8, 4) is 0 Å². The van der Waals surface area contributed by atoms with Gasteiger partial charge in [-0.2, -0.15) is 0 Å². The van der Waals surface area contributed by atoms with Gasteiger partial charge in [-0.15, -0.1) is 0 Å². The van der Waals surface area contributed by atoms with Gasteiger partial charge in [0.2, 0.25) is 5.95 Å². The molecule has 6 nitrogen and oxygen atoms in total. The Hall–Kier alpha value is -1.37. The largest absolute Gasteiger partial charge is 0.447 e. The number of halogens is 1.